The molecule has 0 atom stereocenters. The maximum atomic E-state index is 12.0. The predicted octanol–water partition coefficient (Wildman–Crippen LogP) is 0.980. The molecule has 1 aromatic rings. The van der Waals surface area contributed by atoms with Crippen molar-refractivity contribution in [3.8, 4) is 6.07 Å². The van der Waals surface area contributed by atoms with Crippen LogP contribution in [0.25, 0.3) is 0 Å². The molecule has 1 rings (SSSR count). The summed E-state index contributed by atoms with van der Waals surface area (Å²) in [5.74, 6) is 0.0114. The van der Waals surface area contributed by atoms with Crippen LogP contribution in [-0.4, -0.2) is 23.9 Å². The van der Waals surface area contributed by atoms with Gasteiger partial charge in [0.05, 0.1) is 0 Å². The SMILES string of the molecule is CCN(CC)C(=O)c1ccc[n+](CC#N)c1. The van der Waals surface area contributed by atoms with E-state index in [0.717, 1.165) is 0 Å². The summed E-state index contributed by atoms with van der Waals surface area (Å²) < 4.78 is 1.71. The van der Waals surface area contributed by atoms with Crippen LogP contribution in [0.5, 0.6) is 0 Å². The lowest BCUT2D eigenvalue weighted by molar-refractivity contribution is -0.685. The summed E-state index contributed by atoms with van der Waals surface area (Å²) in [6.45, 7) is 5.56. The van der Waals surface area contributed by atoms with Gasteiger partial charge in [0.25, 0.3) is 5.91 Å². The van der Waals surface area contributed by atoms with E-state index in [4.69, 9.17) is 5.26 Å². The van der Waals surface area contributed by atoms with E-state index in [1.54, 1.807) is 34.0 Å². The summed E-state index contributed by atoms with van der Waals surface area (Å²) in [7, 11) is 0. The molecule has 1 amide bonds. The van der Waals surface area contributed by atoms with E-state index in [2.05, 4.69) is 0 Å². The van der Waals surface area contributed by atoms with E-state index in [0.29, 0.717) is 18.7 Å². The van der Waals surface area contributed by atoms with Gasteiger partial charge in [-0.3, -0.25) is 4.79 Å². The smallest absolute Gasteiger partial charge is 0.259 e. The normalized spacial score (nSPS) is 9.56. The Balaban J connectivity index is 2.91. The van der Waals surface area contributed by atoms with Crippen molar-refractivity contribution in [2.24, 2.45) is 0 Å². The highest BCUT2D eigenvalue weighted by molar-refractivity contribution is 5.93. The Labute approximate surface area is 95.7 Å². The van der Waals surface area contributed by atoms with Gasteiger partial charge in [-0.05, 0) is 19.9 Å². The molecule has 0 saturated carbocycles. The van der Waals surface area contributed by atoms with E-state index in [1.807, 2.05) is 19.9 Å². The van der Waals surface area contributed by atoms with E-state index in [-0.39, 0.29) is 12.5 Å². The summed E-state index contributed by atoms with van der Waals surface area (Å²) in [6, 6.07) is 5.60. The van der Waals surface area contributed by atoms with Crippen LogP contribution >= 0.6 is 0 Å². The van der Waals surface area contributed by atoms with Crippen molar-refractivity contribution in [1.82, 2.24) is 4.90 Å². The van der Waals surface area contributed by atoms with Gasteiger partial charge >= 0.3 is 0 Å². The lowest BCUT2D eigenvalue weighted by Crippen LogP contribution is -2.36. The number of amides is 1. The quantitative estimate of drug-likeness (QED) is 0.707. The lowest BCUT2D eigenvalue weighted by atomic mass is 10.2. The number of hydrogen-bond donors (Lipinski definition) is 0. The maximum absolute atomic E-state index is 12.0. The second-order valence-corrected chi connectivity index (χ2v) is 3.40. The first kappa shape index (κ1) is 12.2. The summed E-state index contributed by atoms with van der Waals surface area (Å²) in [4.78, 5) is 13.7. The highest BCUT2D eigenvalue weighted by Crippen LogP contribution is 2.01. The van der Waals surface area contributed by atoms with Crippen LogP contribution in [-0.2, 0) is 6.54 Å². The summed E-state index contributed by atoms with van der Waals surface area (Å²) in [6.07, 6.45) is 3.49. The minimum absolute atomic E-state index is 0.0114. The van der Waals surface area contributed by atoms with Crippen molar-refractivity contribution in [3.05, 3.63) is 30.1 Å². The Bertz CT molecular complexity index is 405. The average molecular weight is 218 g/mol. The molecule has 0 spiro atoms. The molecular formula is C12H16N3O+. The van der Waals surface area contributed by atoms with Gasteiger partial charge in [-0.25, -0.2) is 0 Å². The molecule has 4 nitrogen and oxygen atoms in total. The van der Waals surface area contributed by atoms with Gasteiger partial charge in [-0.2, -0.15) is 9.83 Å². The van der Waals surface area contributed by atoms with Crippen molar-refractivity contribution in [1.29, 1.82) is 5.26 Å². The Kier molecular flexibility index (Phi) is 4.46. The molecular weight excluding hydrogens is 202 g/mol. The van der Waals surface area contributed by atoms with Crippen LogP contribution in [0.4, 0.5) is 0 Å². The van der Waals surface area contributed by atoms with Crippen LogP contribution in [0.3, 0.4) is 0 Å². The van der Waals surface area contributed by atoms with Crippen LogP contribution in [0.15, 0.2) is 24.5 Å². The molecule has 0 radical (unpaired) electrons. The van der Waals surface area contributed by atoms with Crippen LogP contribution in [0, 0.1) is 11.3 Å². The highest BCUT2D eigenvalue weighted by Gasteiger charge is 2.15. The molecule has 84 valence electrons. The molecule has 1 heterocycles. The van der Waals surface area contributed by atoms with E-state index in [1.165, 1.54) is 0 Å². The fraction of sp³-hybridized carbons (Fsp3) is 0.417. The minimum Gasteiger partial charge on any atom is -0.339 e. The minimum atomic E-state index is 0.0114. The van der Waals surface area contributed by atoms with Crippen molar-refractivity contribution in [3.63, 3.8) is 0 Å². The first-order valence-electron chi connectivity index (χ1n) is 5.38. The number of pyridine rings is 1. The Morgan fingerprint density at radius 2 is 2.19 bits per heavy atom. The second-order valence-electron chi connectivity index (χ2n) is 3.40. The summed E-state index contributed by atoms with van der Waals surface area (Å²) in [5, 5.41) is 8.58. The van der Waals surface area contributed by atoms with Crippen molar-refractivity contribution >= 4 is 5.91 Å². The third-order valence-corrected chi connectivity index (χ3v) is 2.41. The first-order valence-corrected chi connectivity index (χ1v) is 5.38. The average Bonchev–Trinajstić information content (AvgIpc) is 2.31. The molecule has 1 aromatic heterocycles. The Morgan fingerprint density at radius 1 is 1.50 bits per heavy atom. The van der Waals surface area contributed by atoms with E-state index < -0.39 is 0 Å². The number of carbonyl (C=O) groups excluding carboxylic acids is 1. The number of rotatable bonds is 4. The van der Waals surface area contributed by atoms with Gasteiger partial charge in [0.15, 0.2) is 12.4 Å². The summed E-state index contributed by atoms with van der Waals surface area (Å²) in [5.41, 5.74) is 0.626. The van der Waals surface area contributed by atoms with Crippen LogP contribution in [0.1, 0.15) is 24.2 Å². The zero-order valence-electron chi connectivity index (χ0n) is 9.68. The number of aromatic nitrogens is 1. The van der Waals surface area contributed by atoms with E-state index >= 15 is 0 Å². The third-order valence-electron chi connectivity index (χ3n) is 2.41. The summed E-state index contributed by atoms with van der Waals surface area (Å²) >= 11 is 0. The topological polar surface area (TPSA) is 48.0 Å². The number of carbonyl (C=O) groups is 1. The number of nitrogens with zero attached hydrogens (tertiary/aromatic N) is 3. The van der Waals surface area contributed by atoms with Gasteiger partial charge in [-0.1, -0.05) is 0 Å². The molecule has 0 aromatic carbocycles. The molecule has 0 fully saturated rings. The maximum Gasteiger partial charge on any atom is 0.259 e. The largest absolute Gasteiger partial charge is 0.339 e. The van der Waals surface area contributed by atoms with Gasteiger partial charge in [0.2, 0.25) is 6.54 Å². The molecule has 0 N–H and O–H groups in total. The van der Waals surface area contributed by atoms with Crippen molar-refractivity contribution in [2.45, 2.75) is 20.4 Å². The molecule has 0 unspecified atom stereocenters. The monoisotopic (exact) mass is 218 g/mol. The molecule has 16 heavy (non-hydrogen) atoms. The molecule has 0 aliphatic carbocycles. The van der Waals surface area contributed by atoms with E-state index in [9.17, 15) is 4.79 Å². The fourth-order valence-corrected chi connectivity index (χ4v) is 1.52. The first-order chi connectivity index (χ1) is 7.72. The number of hydrogen-bond acceptors (Lipinski definition) is 2. The van der Waals surface area contributed by atoms with Gasteiger partial charge in [-0.15, -0.1) is 0 Å². The highest BCUT2D eigenvalue weighted by atomic mass is 16.2. The molecule has 0 aliphatic rings. The Morgan fingerprint density at radius 3 is 2.75 bits per heavy atom. The van der Waals surface area contributed by atoms with Crippen molar-refractivity contribution in [2.75, 3.05) is 13.1 Å². The zero-order valence-corrected chi connectivity index (χ0v) is 9.68. The Hall–Kier alpha value is -1.89. The third kappa shape index (κ3) is 2.80. The van der Waals surface area contributed by atoms with Crippen LogP contribution < -0.4 is 4.57 Å². The van der Waals surface area contributed by atoms with Gasteiger partial charge in [0, 0.05) is 19.2 Å². The van der Waals surface area contributed by atoms with Gasteiger partial charge < -0.3 is 4.90 Å². The van der Waals surface area contributed by atoms with Crippen LogP contribution in [0.2, 0.25) is 0 Å². The lowest BCUT2D eigenvalue weighted by Gasteiger charge is -2.17. The molecule has 0 aliphatic heterocycles. The molecule has 0 saturated heterocycles. The fourth-order valence-electron chi connectivity index (χ4n) is 1.52. The number of nitriles is 1. The molecule has 4 heteroatoms. The second kappa shape index (κ2) is 5.86. The predicted molar refractivity (Wildman–Crippen MR) is 59.5 cm³/mol. The zero-order chi connectivity index (χ0) is 12.0. The molecule has 0 bridgehead atoms. The van der Waals surface area contributed by atoms with Crippen molar-refractivity contribution < 1.29 is 9.36 Å². The standard InChI is InChI=1S/C12H16N3O/c1-3-15(4-2)12(16)11-6-5-8-14(10-11)9-7-13/h5-6,8,10H,3-4,9H2,1-2H3/q+1. The van der Waals surface area contributed by atoms with Gasteiger partial charge in [0.1, 0.15) is 11.6 Å².